The molecule has 0 spiro atoms. The van der Waals surface area contributed by atoms with Crippen molar-refractivity contribution in [3.63, 3.8) is 0 Å². The summed E-state index contributed by atoms with van der Waals surface area (Å²) in [4.78, 5) is 11.6. The number of benzene rings is 1. The van der Waals surface area contributed by atoms with Gasteiger partial charge in [0.15, 0.2) is 0 Å². The molecule has 2 N–H and O–H groups in total. The van der Waals surface area contributed by atoms with Crippen LogP contribution in [0.2, 0.25) is 0 Å². The highest BCUT2D eigenvalue weighted by atomic mass is 16.2. The molecule has 0 radical (unpaired) electrons. The summed E-state index contributed by atoms with van der Waals surface area (Å²) in [6.07, 6.45) is 0. The lowest BCUT2D eigenvalue weighted by molar-refractivity contribution is -0.117. The van der Waals surface area contributed by atoms with Gasteiger partial charge in [-0.15, -0.1) is 0 Å². The van der Waals surface area contributed by atoms with E-state index in [1.807, 2.05) is 19.1 Å². The summed E-state index contributed by atoms with van der Waals surface area (Å²) in [5.41, 5.74) is 1.94. The first-order chi connectivity index (χ1) is 7.60. The van der Waals surface area contributed by atoms with E-state index in [4.69, 9.17) is 5.26 Å². The lowest BCUT2D eigenvalue weighted by Crippen LogP contribution is -2.35. The molecule has 1 atom stereocenters. The Bertz CT molecular complexity index is 434. The molecule has 0 aliphatic carbocycles. The molecule has 1 rings (SSSR count). The predicted octanol–water partition coefficient (Wildman–Crippen LogP) is 1.41. The number of nitrogens with zero attached hydrogens (tertiary/aromatic N) is 1. The zero-order valence-electron chi connectivity index (χ0n) is 9.66. The van der Waals surface area contributed by atoms with Crippen molar-refractivity contribution in [1.82, 2.24) is 5.32 Å². The molecule has 0 saturated heterocycles. The molecule has 4 nitrogen and oxygen atoms in total. The number of nitrogens with one attached hydrogen (secondary N) is 2. The smallest absolute Gasteiger partial charge is 0.241 e. The average molecular weight is 217 g/mol. The van der Waals surface area contributed by atoms with Crippen LogP contribution in [-0.4, -0.2) is 19.0 Å². The van der Waals surface area contributed by atoms with E-state index in [2.05, 4.69) is 16.7 Å². The van der Waals surface area contributed by atoms with Gasteiger partial charge in [-0.25, -0.2) is 0 Å². The highest BCUT2D eigenvalue weighted by Gasteiger charge is 2.13. The molecule has 0 saturated carbocycles. The Balaban J connectivity index is 2.94. The zero-order valence-corrected chi connectivity index (χ0v) is 9.66. The molecule has 0 aliphatic heterocycles. The number of likely N-dealkylation sites (N-methyl/N-ethyl adjacent to an activating group) is 1. The number of anilines is 1. The van der Waals surface area contributed by atoms with E-state index in [0.717, 1.165) is 5.56 Å². The van der Waals surface area contributed by atoms with Crippen LogP contribution in [0, 0.1) is 18.3 Å². The molecular formula is C12H15N3O. The maximum Gasteiger partial charge on any atom is 0.241 e. The predicted molar refractivity (Wildman–Crippen MR) is 63.0 cm³/mol. The van der Waals surface area contributed by atoms with Crippen molar-refractivity contribution in [1.29, 1.82) is 5.26 Å². The minimum absolute atomic E-state index is 0.149. The quantitative estimate of drug-likeness (QED) is 0.804. The van der Waals surface area contributed by atoms with Gasteiger partial charge in [0.25, 0.3) is 0 Å². The number of carbonyl (C=O) groups is 1. The second-order valence-electron chi connectivity index (χ2n) is 3.61. The van der Waals surface area contributed by atoms with Crippen LogP contribution < -0.4 is 10.6 Å². The van der Waals surface area contributed by atoms with Crippen molar-refractivity contribution in [3.05, 3.63) is 29.3 Å². The lowest BCUT2D eigenvalue weighted by Gasteiger charge is -2.12. The number of amides is 1. The Morgan fingerprint density at radius 3 is 2.75 bits per heavy atom. The third-order valence-corrected chi connectivity index (χ3v) is 2.47. The van der Waals surface area contributed by atoms with Crippen molar-refractivity contribution >= 4 is 11.6 Å². The summed E-state index contributed by atoms with van der Waals surface area (Å²) < 4.78 is 0. The Morgan fingerprint density at radius 2 is 2.19 bits per heavy atom. The van der Waals surface area contributed by atoms with Crippen LogP contribution in [0.1, 0.15) is 18.1 Å². The number of hydrogen-bond donors (Lipinski definition) is 2. The molecule has 16 heavy (non-hydrogen) atoms. The summed E-state index contributed by atoms with van der Waals surface area (Å²) in [6.45, 7) is 3.60. The van der Waals surface area contributed by atoms with Crippen molar-refractivity contribution in [2.24, 2.45) is 0 Å². The van der Waals surface area contributed by atoms with Crippen molar-refractivity contribution in [3.8, 4) is 6.07 Å². The van der Waals surface area contributed by atoms with Crippen molar-refractivity contribution in [2.45, 2.75) is 19.9 Å². The Labute approximate surface area is 95.3 Å². The first-order valence-electron chi connectivity index (χ1n) is 5.08. The standard InChI is InChI=1S/C12H15N3O/c1-8-5-4-6-11(10(8)7-13)15-12(16)9(2)14-3/h4-6,9,14H,1-3H3,(H,15,16). The lowest BCUT2D eigenvalue weighted by atomic mass is 10.1. The first-order valence-corrected chi connectivity index (χ1v) is 5.08. The van der Waals surface area contributed by atoms with Gasteiger partial charge in [-0.3, -0.25) is 4.79 Å². The second-order valence-corrected chi connectivity index (χ2v) is 3.61. The normalized spacial score (nSPS) is 11.6. The molecule has 4 heteroatoms. The fraction of sp³-hybridized carbons (Fsp3) is 0.333. The van der Waals surface area contributed by atoms with Crippen LogP contribution in [0.3, 0.4) is 0 Å². The third-order valence-electron chi connectivity index (χ3n) is 2.47. The van der Waals surface area contributed by atoms with Gasteiger partial charge in [0.1, 0.15) is 6.07 Å². The highest BCUT2D eigenvalue weighted by Crippen LogP contribution is 2.18. The summed E-state index contributed by atoms with van der Waals surface area (Å²) in [5, 5.41) is 14.6. The Kier molecular flexibility index (Phi) is 4.03. The van der Waals surface area contributed by atoms with E-state index in [-0.39, 0.29) is 11.9 Å². The van der Waals surface area contributed by atoms with Gasteiger partial charge in [-0.2, -0.15) is 5.26 Å². The third kappa shape index (κ3) is 2.59. The van der Waals surface area contributed by atoms with E-state index in [1.165, 1.54) is 0 Å². The summed E-state index contributed by atoms with van der Waals surface area (Å²) in [5.74, 6) is -0.149. The molecule has 1 unspecified atom stereocenters. The number of rotatable bonds is 3. The minimum Gasteiger partial charge on any atom is -0.324 e. The molecule has 0 fully saturated rings. The fourth-order valence-electron chi connectivity index (χ4n) is 1.29. The zero-order chi connectivity index (χ0) is 12.1. The number of carbonyl (C=O) groups excluding carboxylic acids is 1. The molecular weight excluding hydrogens is 202 g/mol. The van der Waals surface area contributed by atoms with Gasteiger partial charge >= 0.3 is 0 Å². The topological polar surface area (TPSA) is 64.9 Å². The maximum absolute atomic E-state index is 11.6. The largest absolute Gasteiger partial charge is 0.324 e. The number of aryl methyl sites for hydroxylation is 1. The number of hydrogen-bond acceptors (Lipinski definition) is 3. The average Bonchev–Trinajstić information content (AvgIpc) is 2.28. The number of nitriles is 1. The monoisotopic (exact) mass is 217 g/mol. The van der Waals surface area contributed by atoms with Gasteiger partial charge in [0, 0.05) is 0 Å². The van der Waals surface area contributed by atoms with E-state index in [9.17, 15) is 4.79 Å². The van der Waals surface area contributed by atoms with Crippen LogP contribution in [0.15, 0.2) is 18.2 Å². The van der Waals surface area contributed by atoms with Crippen LogP contribution in [0.25, 0.3) is 0 Å². The van der Waals surface area contributed by atoms with E-state index >= 15 is 0 Å². The summed E-state index contributed by atoms with van der Waals surface area (Å²) in [6, 6.07) is 7.19. The Morgan fingerprint density at radius 1 is 1.50 bits per heavy atom. The van der Waals surface area contributed by atoms with Crippen LogP contribution >= 0.6 is 0 Å². The molecule has 0 aromatic heterocycles. The van der Waals surface area contributed by atoms with Crippen LogP contribution in [0.5, 0.6) is 0 Å². The molecule has 0 bridgehead atoms. The maximum atomic E-state index is 11.6. The van der Waals surface area contributed by atoms with E-state index < -0.39 is 0 Å². The Hall–Kier alpha value is -1.86. The van der Waals surface area contributed by atoms with Crippen LogP contribution in [0.4, 0.5) is 5.69 Å². The molecule has 84 valence electrons. The van der Waals surface area contributed by atoms with Gasteiger partial charge in [-0.1, -0.05) is 12.1 Å². The summed E-state index contributed by atoms with van der Waals surface area (Å²) in [7, 11) is 1.71. The molecule has 1 aromatic rings. The van der Waals surface area contributed by atoms with Gasteiger partial charge in [-0.05, 0) is 32.5 Å². The van der Waals surface area contributed by atoms with E-state index in [0.29, 0.717) is 11.3 Å². The van der Waals surface area contributed by atoms with Gasteiger partial charge in [0.2, 0.25) is 5.91 Å². The highest BCUT2D eigenvalue weighted by molar-refractivity contribution is 5.95. The minimum atomic E-state index is -0.285. The van der Waals surface area contributed by atoms with E-state index in [1.54, 1.807) is 20.0 Å². The molecule has 0 aliphatic rings. The molecule has 1 amide bonds. The van der Waals surface area contributed by atoms with Gasteiger partial charge in [0.05, 0.1) is 17.3 Å². The van der Waals surface area contributed by atoms with Crippen LogP contribution in [-0.2, 0) is 4.79 Å². The molecule has 1 aromatic carbocycles. The molecule has 0 heterocycles. The SMILES string of the molecule is CNC(C)C(=O)Nc1cccc(C)c1C#N. The fourth-order valence-corrected chi connectivity index (χ4v) is 1.29. The summed E-state index contributed by atoms with van der Waals surface area (Å²) >= 11 is 0. The first kappa shape index (κ1) is 12.2. The van der Waals surface area contributed by atoms with Gasteiger partial charge < -0.3 is 10.6 Å². The van der Waals surface area contributed by atoms with Crippen molar-refractivity contribution in [2.75, 3.05) is 12.4 Å². The van der Waals surface area contributed by atoms with Crippen molar-refractivity contribution < 1.29 is 4.79 Å². The second kappa shape index (κ2) is 5.29.